The van der Waals surface area contributed by atoms with Gasteiger partial charge >= 0.3 is 0 Å². The van der Waals surface area contributed by atoms with E-state index in [1.807, 2.05) is 0 Å². The zero-order valence-electron chi connectivity index (χ0n) is 10.7. The fraction of sp³-hybridized carbons (Fsp3) is 1.00. The highest BCUT2D eigenvalue weighted by Crippen LogP contribution is 1.42. The number of hydrogen-bond acceptors (Lipinski definition) is 8. The van der Waals surface area contributed by atoms with Crippen LogP contribution in [0.15, 0.2) is 0 Å². The first-order chi connectivity index (χ1) is 8.16. The highest BCUT2D eigenvalue weighted by atomic mass is 16.3. The number of hydrogen-bond donors (Lipinski definition) is 8. The van der Waals surface area contributed by atoms with Gasteiger partial charge < -0.3 is 42.9 Å². The molecule has 0 aromatic carbocycles. The average Bonchev–Trinajstić information content (AvgIpc) is 2.40. The Bertz CT molecular complexity index is 64.5. The average molecular weight is 258 g/mol. The predicted molar refractivity (Wildman–Crippen MR) is 69.4 cm³/mol. The molecule has 0 radical (unpaired) electrons. The fourth-order valence-corrected chi connectivity index (χ4v) is 0.112. The Kier molecular flexibility index (Phi) is 67.3. The minimum atomic E-state index is 0.0972. The third kappa shape index (κ3) is 134. The van der Waals surface area contributed by atoms with Crippen molar-refractivity contribution in [2.75, 3.05) is 59.7 Å². The Morgan fingerprint density at radius 1 is 0.706 bits per heavy atom. The van der Waals surface area contributed by atoms with Gasteiger partial charge in [-0.25, -0.2) is 0 Å². The molecule has 0 bridgehead atoms. The van der Waals surface area contributed by atoms with Crippen LogP contribution in [0.4, 0.5) is 0 Å². The van der Waals surface area contributed by atoms with Gasteiger partial charge in [-0.15, -0.1) is 0 Å². The fourth-order valence-electron chi connectivity index (χ4n) is 0.112. The van der Waals surface area contributed by atoms with Crippen molar-refractivity contribution in [1.82, 2.24) is 5.32 Å². The molecule has 0 aromatic heterocycles. The van der Waals surface area contributed by atoms with E-state index in [1.165, 1.54) is 0 Å². The predicted octanol–water partition coefficient (Wildman–Crippen LogP) is -3.99. The molecule has 0 saturated heterocycles. The van der Waals surface area contributed by atoms with Crippen molar-refractivity contribution in [2.45, 2.75) is 0 Å². The zero-order chi connectivity index (χ0) is 14.4. The Balaban J connectivity index is -0.0000000667. The van der Waals surface area contributed by atoms with Gasteiger partial charge in [-0.2, -0.15) is 0 Å². The van der Waals surface area contributed by atoms with E-state index < -0.39 is 0 Å². The number of likely N-dealkylation sites (N-methyl/N-ethyl adjacent to an activating group) is 1. The van der Waals surface area contributed by atoms with Crippen LogP contribution < -0.4 is 22.5 Å². The Morgan fingerprint density at radius 2 is 0.941 bits per heavy atom. The summed E-state index contributed by atoms with van der Waals surface area (Å²) in [5, 5.41) is 34.0. The van der Waals surface area contributed by atoms with Crippen LogP contribution in [0, 0.1) is 0 Å². The van der Waals surface area contributed by atoms with E-state index in [-0.39, 0.29) is 26.4 Å². The van der Waals surface area contributed by atoms with Gasteiger partial charge in [-0.05, 0) is 7.05 Å². The summed E-state index contributed by atoms with van der Waals surface area (Å²) in [6.07, 6.45) is 0. The smallest absolute Gasteiger partial charge is 0.0555 e. The molecule has 0 aromatic rings. The van der Waals surface area contributed by atoms with Gasteiger partial charge in [0.1, 0.15) is 0 Å². The van der Waals surface area contributed by atoms with Gasteiger partial charge in [0.2, 0.25) is 0 Å². The van der Waals surface area contributed by atoms with Crippen LogP contribution in [0.1, 0.15) is 0 Å². The van der Waals surface area contributed by atoms with E-state index in [2.05, 4.69) is 5.32 Å². The van der Waals surface area contributed by atoms with Crippen LogP contribution in [-0.4, -0.2) is 80.1 Å². The monoisotopic (exact) mass is 258 g/mol. The van der Waals surface area contributed by atoms with Crippen molar-refractivity contribution in [3.8, 4) is 0 Å². The lowest BCUT2D eigenvalue weighted by Crippen LogP contribution is -2.10. The Morgan fingerprint density at radius 3 is 0.941 bits per heavy atom. The minimum Gasteiger partial charge on any atom is -0.395 e. The second kappa shape index (κ2) is 44.8. The molecule has 110 valence electrons. The Labute approximate surface area is 103 Å². The Hall–Kier alpha value is -0.320. The molecule has 0 aliphatic heterocycles. The summed E-state index contributed by atoms with van der Waals surface area (Å²) < 4.78 is 0. The molecule has 0 aliphatic carbocycles. The lowest BCUT2D eigenvalue weighted by Gasteiger charge is -1.84. The molecule has 17 heavy (non-hydrogen) atoms. The van der Waals surface area contributed by atoms with E-state index in [0.29, 0.717) is 26.2 Å². The van der Waals surface area contributed by atoms with Crippen LogP contribution in [0.25, 0.3) is 0 Å². The molecule has 0 amide bonds. The molecule has 0 aliphatic rings. The first kappa shape index (κ1) is 25.5. The van der Waals surface area contributed by atoms with Crippen molar-refractivity contribution >= 4 is 0 Å². The van der Waals surface area contributed by atoms with Gasteiger partial charge in [0.15, 0.2) is 0 Å². The van der Waals surface area contributed by atoms with E-state index in [9.17, 15) is 0 Å². The molecule has 0 unspecified atom stereocenters. The summed E-state index contributed by atoms with van der Waals surface area (Å²) in [5.41, 5.74) is 14.3. The summed E-state index contributed by atoms with van der Waals surface area (Å²) in [5.74, 6) is 0. The SMILES string of the molecule is CNCCO.NCCO.NCCO.NCCO. The second-order valence-electron chi connectivity index (χ2n) is 2.36. The molecule has 0 rings (SSSR count). The van der Waals surface area contributed by atoms with Crippen molar-refractivity contribution in [3.05, 3.63) is 0 Å². The van der Waals surface area contributed by atoms with Crippen molar-refractivity contribution in [2.24, 2.45) is 17.2 Å². The molecule has 0 saturated carbocycles. The highest BCUT2D eigenvalue weighted by molar-refractivity contribution is 4.27. The topological polar surface area (TPSA) is 171 Å². The van der Waals surface area contributed by atoms with E-state index in [4.69, 9.17) is 37.6 Å². The van der Waals surface area contributed by atoms with Gasteiger partial charge in [-0.1, -0.05) is 0 Å². The molecule has 0 heterocycles. The molecule has 8 heteroatoms. The standard InChI is InChI=1S/C3H9NO.3C2H7NO/c1-4-2-3-5;3*3-1-2-4/h4-5H,2-3H2,1H3;3*4H,1-3H2. The number of aliphatic hydroxyl groups is 4. The molecule has 11 N–H and O–H groups in total. The first-order valence-corrected chi connectivity index (χ1v) is 5.34. The number of rotatable bonds is 5. The maximum absolute atomic E-state index is 8.00. The van der Waals surface area contributed by atoms with Crippen molar-refractivity contribution in [3.63, 3.8) is 0 Å². The normalized spacial score (nSPS) is 7.76. The number of nitrogens with one attached hydrogen (secondary N) is 1. The molecular formula is C9H30N4O4. The van der Waals surface area contributed by atoms with Crippen LogP contribution in [0.2, 0.25) is 0 Å². The van der Waals surface area contributed by atoms with Crippen LogP contribution in [-0.2, 0) is 0 Å². The first-order valence-electron chi connectivity index (χ1n) is 5.34. The summed E-state index contributed by atoms with van der Waals surface area (Å²) in [6, 6.07) is 0. The van der Waals surface area contributed by atoms with Gasteiger partial charge in [0, 0.05) is 26.2 Å². The molecule has 0 fully saturated rings. The molecular weight excluding hydrogens is 228 g/mol. The summed E-state index contributed by atoms with van der Waals surface area (Å²) in [6.45, 7) is 2.34. The van der Waals surface area contributed by atoms with Gasteiger partial charge in [0.05, 0.1) is 26.4 Å². The highest BCUT2D eigenvalue weighted by Gasteiger charge is 1.65. The van der Waals surface area contributed by atoms with Gasteiger partial charge in [-0.3, -0.25) is 0 Å². The van der Waals surface area contributed by atoms with Crippen molar-refractivity contribution < 1.29 is 20.4 Å². The second-order valence-corrected chi connectivity index (χ2v) is 2.36. The van der Waals surface area contributed by atoms with Crippen molar-refractivity contribution in [1.29, 1.82) is 0 Å². The van der Waals surface area contributed by atoms with E-state index in [0.717, 1.165) is 0 Å². The molecule has 8 nitrogen and oxygen atoms in total. The quantitative estimate of drug-likeness (QED) is 0.246. The maximum Gasteiger partial charge on any atom is 0.0555 e. The van der Waals surface area contributed by atoms with Crippen LogP contribution in [0.3, 0.4) is 0 Å². The molecule has 0 spiro atoms. The van der Waals surface area contributed by atoms with E-state index >= 15 is 0 Å². The summed E-state index contributed by atoms with van der Waals surface area (Å²) in [7, 11) is 1.80. The summed E-state index contributed by atoms with van der Waals surface area (Å²) in [4.78, 5) is 0. The number of nitrogens with two attached hydrogens (primary N) is 3. The van der Waals surface area contributed by atoms with E-state index in [1.54, 1.807) is 7.05 Å². The van der Waals surface area contributed by atoms with Crippen LogP contribution >= 0.6 is 0 Å². The lowest BCUT2D eigenvalue weighted by atomic mass is 10.7. The van der Waals surface area contributed by atoms with Crippen LogP contribution in [0.5, 0.6) is 0 Å². The zero-order valence-corrected chi connectivity index (χ0v) is 10.7. The summed E-state index contributed by atoms with van der Waals surface area (Å²) >= 11 is 0. The maximum atomic E-state index is 8.00. The largest absolute Gasteiger partial charge is 0.395 e. The lowest BCUT2D eigenvalue weighted by molar-refractivity contribution is 0.296. The molecule has 0 atom stereocenters. The van der Waals surface area contributed by atoms with Gasteiger partial charge in [0.25, 0.3) is 0 Å². The third-order valence-electron chi connectivity index (χ3n) is 0.749. The minimum absolute atomic E-state index is 0.0972. The third-order valence-corrected chi connectivity index (χ3v) is 0.749. The number of aliphatic hydroxyl groups excluding tert-OH is 4.